The van der Waals surface area contributed by atoms with E-state index in [9.17, 15) is 0 Å². The zero-order chi connectivity index (χ0) is 14.5. The predicted octanol–water partition coefficient (Wildman–Crippen LogP) is 4.24. The third-order valence-electron chi connectivity index (χ3n) is 2.32. The van der Waals surface area contributed by atoms with Crippen LogP contribution in [0.2, 0.25) is 10.0 Å². The molecule has 4 nitrogen and oxygen atoms in total. The minimum atomic E-state index is 0.445. The lowest BCUT2D eigenvalue weighted by Crippen LogP contribution is -2.15. The summed E-state index contributed by atoms with van der Waals surface area (Å²) in [7, 11) is 0. The van der Waals surface area contributed by atoms with Crippen molar-refractivity contribution in [1.82, 2.24) is 10.4 Å². The lowest BCUT2D eigenvalue weighted by Gasteiger charge is -2.08. The van der Waals surface area contributed by atoms with Gasteiger partial charge in [-0.1, -0.05) is 23.2 Å². The number of aryl methyl sites for hydroxylation is 1. The van der Waals surface area contributed by atoms with Gasteiger partial charge >= 0.3 is 0 Å². The highest BCUT2D eigenvalue weighted by atomic mass is 35.5. The quantitative estimate of drug-likeness (QED) is 0.652. The molecule has 0 saturated carbocycles. The zero-order valence-corrected chi connectivity index (χ0v) is 12.8. The van der Waals surface area contributed by atoms with Gasteiger partial charge in [-0.15, -0.1) is 11.3 Å². The van der Waals surface area contributed by atoms with Gasteiger partial charge in [-0.25, -0.2) is 4.98 Å². The summed E-state index contributed by atoms with van der Waals surface area (Å²) < 4.78 is 0. The molecule has 102 valence electrons. The van der Waals surface area contributed by atoms with Gasteiger partial charge in [0.05, 0.1) is 10.7 Å². The Balaban J connectivity index is 2.07. The molecule has 1 aromatic carbocycles. The number of nitrogens with zero attached hydrogens (tertiary/aromatic N) is 2. The third kappa shape index (κ3) is 3.64. The van der Waals surface area contributed by atoms with Crippen LogP contribution >= 0.6 is 34.5 Å². The van der Waals surface area contributed by atoms with Gasteiger partial charge in [-0.05, 0) is 25.1 Å². The Kier molecular flexibility index (Phi) is 4.85. The molecular formula is C13H10Cl2N4S. The second-order valence-corrected chi connectivity index (χ2v) is 5.56. The van der Waals surface area contributed by atoms with Crippen LogP contribution in [0.4, 0.5) is 5.69 Å². The highest BCUT2D eigenvalue weighted by Gasteiger charge is 2.05. The van der Waals surface area contributed by atoms with Crippen LogP contribution in [0.1, 0.15) is 10.7 Å². The summed E-state index contributed by atoms with van der Waals surface area (Å²) in [5, 5.41) is 12.7. The Morgan fingerprint density at radius 3 is 2.85 bits per heavy atom. The number of anilines is 1. The lowest BCUT2D eigenvalue weighted by molar-refractivity contribution is 1.06. The van der Waals surface area contributed by atoms with E-state index in [2.05, 4.69) is 21.9 Å². The van der Waals surface area contributed by atoms with Gasteiger partial charge in [0.1, 0.15) is 16.6 Å². The minimum Gasteiger partial charge on any atom is -0.307 e. The fourth-order valence-electron chi connectivity index (χ4n) is 1.40. The van der Waals surface area contributed by atoms with Crippen LogP contribution < -0.4 is 10.9 Å². The van der Waals surface area contributed by atoms with Gasteiger partial charge in [-0.3, -0.25) is 5.43 Å². The largest absolute Gasteiger partial charge is 0.307 e. The van der Waals surface area contributed by atoms with E-state index in [-0.39, 0.29) is 0 Å². The fourth-order valence-corrected chi connectivity index (χ4v) is 2.62. The van der Waals surface area contributed by atoms with E-state index < -0.39 is 0 Å². The Morgan fingerprint density at radius 2 is 2.25 bits per heavy atom. The Morgan fingerprint density at radius 1 is 1.45 bits per heavy atom. The maximum atomic E-state index is 9.11. The molecule has 0 saturated heterocycles. The van der Waals surface area contributed by atoms with Crippen molar-refractivity contribution < 1.29 is 0 Å². The summed E-state index contributed by atoms with van der Waals surface area (Å²) in [6.07, 6.45) is 1.54. The molecule has 0 unspecified atom stereocenters. The summed E-state index contributed by atoms with van der Waals surface area (Å²) >= 11 is 13.2. The molecule has 1 aromatic heterocycles. The van der Waals surface area contributed by atoms with Gasteiger partial charge in [0.2, 0.25) is 0 Å². The van der Waals surface area contributed by atoms with Crippen LogP contribution in [0, 0.1) is 18.3 Å². The molecule has 2 aromatic rings. The zero-order valence-electron chi connectivity index (χ0n) is 10.4. The van der Waals surface area contributed by atoms with Crippen molar-refractivity contribution in [2.75, 3.05) is 5.43 Å². The van der Waals surface area contributed by atoms with Crippen molar-refractivity contribution in [3.63, 3.8) is 0 Å². The minimum absolute atomic E-state index is 0.445. The number of hydrazine groups is 1. The van der Waals surface area contributed by atoms with Crippen molar-refractivity contribution in [1.29, 1.82) is 5.26 Å². The maximum absolute atomic E-state index is 9.11. The molecular weight excluding hydrogens is 315 g/mol. The van der Waals surface area contributed by atoms with E-state index in [0.717, 1.165) is 5.69 Å². The number of rotatable bonds is 4. The highest BCUT2D eigenvalue weighted by molar-refractivity contribution is 7.10. The topological polar surface area (TPSA) is 60.7 Å². The first-order chi connectivity index (χ1) is 9.60. The first-order valence-electron chi connectivity index (χ1n) is 5.59. The standard InChI is InChI=1S/C13H10Cl2N4S/c1-8-7-20-13(18-8)9(5-16)6-17-19-12-3-2-10(14)4-11(12)15/h2-4,6-7,17,19H,1H3/b9-6+. The van der Waals surface area contributed by atoms with Gasteiger partial charge in [-0.2, -0.15) is 5.26 Å². The van der Waals surface area contributed by atoms with Gasteiger partial charge in [0.25, 0.3) is 0 Å². The summed E-state index contributed by atoms with van der Waals surface area (Å²) in [5.41, 5.74) is 7.72. The van der Waals surface area contributed by atoms with Crippen molar-refractivity contribution in [2.24, 2.45) is 0 Å². The molecule has 0 aliphatic heterocycles. The molecule has 0 aliphatic rings. The number of hydrogen-bond donors (Lipinski definition) is 2. The molecule has 2 N–H and O–H groups in total. The van der Waals surface area contributed by atoms with Crippen LogP contribution in [0.15, 0.2) is 29.8 Å². The van der Waals surface area contributed by atoms with Gasteiger partial charge in [0, 0.05) is 22.3 Å². The van der Waals surface area contributed by atoms with Crippen LogP contribution in [0.5, 0.6) is 0 Å². The number of nitrogens with one attached hydrogen (secondary N) is 2. The summed E-state index contributed by atoms with van der Waals surface area (Å²) in [6, 6.07) is 7.19. The smallest absolute Gasteiger partial charge is 0.135 e. The van der Waals surface area contributed by atoms with Crippen LogP contribution in [0.3, 0.4) is 0 Å². The monoisotopic (exact) mass is 324 g/mol. The normalized spacial score (nSPS) is 11.0. The van der Waals surface area contributed by atoms with Crippen LogP contribution in [0.25, 0.3) is 5.57 Å². The van der Waals surface area contributed by atoms with E-state index in [1.807, 2.05) is 12.3 Å². The number of hydrogen-bond acceptors (Lipinski definition) is 5. The number of nitriles is 1. The molecule has 7 heteroatoms. The van der Waals surface area contributed by atoms with Crippen molar-refractivity contribution in [3.8, 4) is 6.07 Å². The maximum Gasteiger partial charge on any atom is 0.135 e. The van der Waals surface area contributed by atoms with E-state index in [1.54, 1.807) is 24.4 Å². The van der Waals surface area contributed by atoms with Gasteiger partial charge in [0.15, 0.2) is 0 Å². The van der Waals surface area contributed by atoms with Crippen molar-refractivity contribution in [2.45, 2.75) is 6.92 Å². The average molecular weight is 325 g/mol. The SMILES string of the molecule is Cc1csc(/C(C#N)=C/NNc2ccc(Cl)cc2Cl)n1. The molecule has 0 bridgehead atoms. The summed E-state index contributed by atoms with van der Waals surface area (Å²) in [5.74, 6) is 0. The van der Waals surface area contributed by atoms with Crippen molar-refractivity contribution >= 4 is 45.8 Å². The van der Waals surface area contributed by atoms with E-state index >= 15 is 0 Å². The molecule has 0 atom stereocenters. The summed E-state index contributed by atoms with van der Waals surface area (Å²) in [6.45, 7) is 1.88. The molecule has 1 heterocycles. The molecule has 0 spiro atoms. The number of aromatic nitrogens is 1. The third-order valence-corrected chi connectivity index (χ3v) is 3.87. The molecule has 0 amide bonds. The van der Waals surface area contributed by atoms with Crippen LogP contribution in [-0.2, 0) is 0 Å². The number of benzene rings is 1. The first-order valence-corrected chi connectivity index (χ1v) is 7.23. The molecule has 0 aliphatic carbocycles. The van der Waals surface area contributed by atoms with E-state index in [0.29, 0.717) is 26.3 Å². The first kappa shape index (κ1) is 14.7. The fraction of sp³-hybridized carbons (Fsp3) is 0.0769. The number of thiazole rings is 1. The molecule has 20 heavy (non-hydrogen) atoms. The van der Waals surface area contributed by atoms with E-state index in [4.69, 9.17) is 28.5 Å². The Hall–Kier alpha value is -1.74. The van der Waals surface area contributed by atoms with Crippen molar-refractivity contribution in [3.05, 3.63) is 50.5 Å². The molecule has 0 radical (unpaired) electrons. The van der Waals surface area contributed by atoms with Crippen LogP contribution in [-0.4, -0.2) is 4.98 Å². The Bertz CT molecular complexity index is 688. The lowest BCUT2D eigenvalue weighted by atomic mass is 10.3. The molecule has 0 fully saturated rings. The molecule has 2 rings (SSSR count). The Labute approximate surface area is 130 Å². The average Bonchev–Trinajstić information content (AvgIpc) is 2.83. The van der Waals surface area contributed by atoms with E-state index in [1.165, 1.54) is 11.3 Å². The van der Waals surface area contributed by atoms with Gasteiger partial charge < -0.3 is 5.43 Å². The highest BCUT2D eigenvalue weighted by Crippen LogP contribution is 2.24. The second kappa shape index (κ2) is 6.62. The number of halogens is 2. The number of allylic oxidation sites excluding steroid dienone is 1. The summed E-state index contributed by atoms with van der Waals surface area (Å²) in [4.78, 5) is 4.25. The predicted molar refractivity (Wildman–Crippen MR) is 83.7 cm³/mol. The second-order valence-electron chi connectivity index (χ2n) is 3.86.